The van der Waals surface area contributed by atoms with E-state index >= 15 is 0 Å². The molecule has 2 aromatic rings. The van der Waals surface area contributed by atoms with Crippen molar-refractivity contribution in [3.8, 4) is 0 Å². The second kappa shape index (κ2) is 6.17. The van der Waals surface area contributed by atoms with Crippen LogP contribution in [-0.2, 0) is 4.57 Å². The van der Waals surface area contributed by atoms with Gasteiger partial charge in [-0.05, 0) is 17.7 Å². The van der Waals surface area contributed by atoms with Gasteiger partial charge in [0.1, 0.15) is 0 Å². The van der Waals surface area contributed by atoms with Crippen LogP contribution < -0.4 is 11.5 Å². The third kappa shape index (κ3) is 3.01. The lowest BCUT2D eigenvalue weighted by Crippen LogP contribution is -1.99. The molecule has 0 atom stereocenters. The second-order valence-electron chi connectivity index (χ2n) is 4.10. The number of hydrogen-bond donors (Lipinski definition) is 2. The molecule has 0 spiro atoms. The highest BCUT2D eigenvalue weighted by Crippen LogP contribution is 2.31. The molecule has 0 radical (unpaired) electrons. The minimum atomic E-state index is 0.0744. The molecule has 0 saturated carbocycles. The molecule has 19 heavy (non-hydrogen) atoms. The van der Waals surface area contributed by atoms with Crippen LogP contribution in [0.2, 0.25) is 0 Å². The van der Waals surface area contributed by atoms with Gasteiger partial charge in [-0.3, -0.25) is 4.57 Å². The summed E-state index contributed by atoms with van der Waals surface area (Å²) < 4.78 is 10.7. The fraction of sp³-hybridized carbons (Fsp3) is 0.0667. The van der Waals surface area contributed by atoms with Gasteiger partial charge in [-0.1, -0.05) is 42.5 Å². The standard InChI is InChI=1S/C15H15N2OP/c16-14-7-3-1-5-12(14)11(9-10-19-18)13-6-2-4-8-15(13)17/h1-9H,10,16-17H2. The summed E-state index contributed by atoms with van der Waals surface area (Å²) in [6.07, 6.45) is 2.32. The predicted molar refractivity (Wildman–Crippen MR) is 81.3 cm³/mol. The zero-order valence-electron chi connectivity index (χ0n) is 10.4. The molecule has 0 heterocycles. The molecule has 0 fully saturated rings. The summed E-state index contributed by atoms with van der Waals surface area (Å²) in [5, 5.41) is 0. The maximum Gasteiger partial charge on any atom is 0.159 e. The van der Waals surface area contributed by atoms with Crippen molar-refractivity contribution < 1.29 is 4.57 Å². The lowest BCUT2D eigenvalue weighted by Gasteiger charge is -2.13. The van der Waals surface area contributed by atoms with Crippen LogP contribution in [0.3, 0.4) is 0 Å². The number of anilines is 2. The zero-order chi connectivity index (χ0) is 13.7. The SMILES string of the molecule is Nc1ccccc1C(=CCP=O)c1ccccc1N. The van der Waals surface area contributed by atoms with Gasteiger partial charge < -0.3 is 11.5 Å². The Morgan fingerprint density at radius 1 is 0.947 bits per heavy atom. The molecule has 0 bridgehead atoms. The van der Waals surface area contributed by atoms with Gasteiger partial charge in [-0.15, -0.1) is 0 Å². The highest BCUT2D eigenvalue weighted by molar-refractivity contribution is 7.23. The fourth-order valence-electron chi connectivity index (χ4n) is 1.98. The van der Waals surface area contributed by atoms with Crippen molar-refractivity contribution in [1.29, 1.82) is 0 Å². The zero-order valence-corrected chi connectivity index (χ0v) is 11.3. The van der Waals surface area contributed by atoms with E-state index in [1.54, 1.807) is 0 Å². The normalized spacial score (nSPS) is 10.3. The van der Waals surface area contributed by atoms with E-state index in [2.05, 4.69) is 0 Å². The van der Waals surface area contributed by atoms with Crippen LogP contribution in [0, 0.1) is 0 Å². The van der Waals surface area contributed by atoms with Gasteiger partial charge in [0.15, 0.2) is 8.46 Å². The van der Waals surface area contributed by atoms with Crippen LogP contribution in [0.1, 0.15) is 11.1 Å². The van der Waals surface area contributed by atoms with Crippen LogP contribution in [0.15, 0.2) is 54.6 Å². The first kappa shape index (κ1) is 13.3. The number of allylic oxidation sites excluding steroid dienone is 1. The lowest BCUT2D eigenvalue weighted by molar-refractivity contribution is 0.600. The molecular formula is C15H15N2OP. The Kier molecular flexibility index (Phi) is 4.32. The summed E-state index contributed by atoms with van der Waals surface area (Å²) in [4.78, 5) is 0. The molecule has 2 rings (SSSR count). The van der Waals surface area contributed by atoms with Crippen LogP contribution >= 0.6 is 8.46 Å². The molecule has 96 valence electrons. The maximum absolute atomic E-state index is 10.7. The summed E-state index contributed by atoms with van der Waals surface area (Å²) in [5.41, 5.74) is 16.1. The van der Waals surface area contributed by atoms with Gasteiger partial charge in [-0.25, -0.2) is 0 Å². The van der Waals surface area contributed by atoms with Crippen LogP contribution in [0.4, 0.5) is 11.4 Å². The van der Waals surface area contributed by atoms with Gasteiger partial charge >= 0.3 is 0 Å². The topological polar surface area (TPSA) is 69.1 Å². The number of hydrogen-bond acceptors (Lipinski definition) is 3. The predicted octanol–water partition coefficient (Wildman–Crippen LogP) is 3.57. The van der Waals surface area contributed by atoms with E-state index in [1.807, 2.05) is 54.6 Å². The van der Waals surface area contributed by atoms with Gasteiger partial charge in [0.2, 0.25) is 0 Å². The van der Waals surface area contributed by atoms with Gasteiger partial charge in [0.05, 0.1) is 0 Å². The highest BCUT2D eigenvalue weighted by Gasteiger charge is 2.10. The first-order valence-electron chi connectivity index (χ1n) is 5.93. The monoisotopic (exact) mass is 270 g/mol. The number of benzene rings is 2. The van der Waals surface area contributed by atoms with Crippen molar-refractivity contribution in [1.82, 2.24) is 0 Å². The molecule has 4 heteroatoms. The van der Waals surface area contributed by atoms with Gasteiger partial charge in [-0.2, -0.15) is 0 Å². The summed E-state index contributed by atoms with van der Waals surface area (Å²) in [5.74, 6) is 0. The minimum Gasteiger partial charge on any atom is -0.398 e. The number of para-hydroxylation sites is 2. The molecule has 0 aliphatic heterocycles. The van der Waals surface area contributed by atoms with Crippen molar-refractivity contribution in [2.24, 2.45) is 0 Å². The molecule has 0 aliphatic rings. The van der Waals surface area contributed by atoms with Crippen molar-refractivity contribution in [3.05, 3.63) is 65.7 Å². The largest absolute Gasteiger partial charge is 0.398 e. The average Bonchev–Trinajstić information content (AvgIpc) is 2.42. The quantitative estimate of drug-likeness (QED) is 0.659. The van der Waals surface area contributed by atoms with Crippen LogP contribution in [0.25, 0.3) is 5.57 Å². The second-order valence-corrected chi connectivity index (χ2v) is 4.73. The summed E-state index contributed by atoms with van der Waals surface area (Å²) in [6, 6.07) is 15.2. The number of nitrogens with two attached hydrogens (primary N) is 2. The Balaban J connectivity index is 2.58. The summed E-state index contributed by atoms with van der Waals surface area (Å²) in [7, 11) is 0.0744. The van der Waals surface area contributed by atoms with E-state index in [0.29, 0.717) is 17.5 Å². The molecule has 0 aromatic heterocycles. The number of rotatable bonds is 4. The fourth-order valence-corrected chi connectivity index (χ4v) is 2.24. The first-order chi connectivity index (χ1) is 9.24. The lowest BCUT2D eigenvalue weighted by atomic mass is 9.95. The van der Waals surface area contributed by atoms with Crippen molar-refractivity contribution >= 4 is 25.4 Å². The summed E-state index contributed by atoms with van der Waals surface area (Å²) >= 11 is 0. The van der Waals surface area contributed by atoms with E-state index in [1.165, 1.54) is 0 Å². The van der Waals surface area contributed by atoms with E-state index < -0.39 is 0 Å². The Bertz CT molecular complexity index is 576. The van der Waals surface area contributed by atoms with E-state index in [0.717, 1.165) is 16.7 Å². The average molecular weight is 270 g/mol. The molecule has 2 aromatic carbocycles. The van der Waals surface area contributed by atoms with Gasteiger partial charge in [0.25, 0.3) is 0 Å². The maximum atomic E-state index is 10.7. The van der Waals surface area contributed by atoms with Crippen LogP contribution in [0.5, 0.6) is 0 Å². The molecule has 0 saturated heterocycles. The van der Waals surface area contributed by atoms with Crippen LogP contribution in [-0.4, -0.2) is 6.16 Å². The minimum absolute atomic E-state index is 0.0744. The highest BCUT2D eigenvalue weighted by atomic mass is 31.1. The summed E-state index contributed by atoms with van der Waals surface area (Å²) in [6.45, 7) is 0. The molecule has 0 amide bonds. The third-order valence-corrected chi connectivity index (χ3v) is 3.20. The molecule has 4 N–H and O–H groups in total. The van der Waals surface area contributed by atoms with Gasteiger partial charge in [0, 0.05) is 28.7 Å². The van der Waals surface area contributed by atoms with Crippen molar-refractivity contribution in [2.75, 3.05) is 17.6 Å². The van der Waals surface area contributed by atoms with E-state index in [-0.39, 0.29) is 8.46 Å². The third-order valence-electron chi connectivity index (χ3n) is 2.87. The van der Waals surface area contributed by atoms with E-state index in [4.69, 9.17) is 11.5 Å². The molecule has 3 nitrogen and oxygen atoms in total. The molecule has 0 aliphatic carbocycles. The van der Waals surface area contributed by atoms with Crippen molar-refractivity contribution in [3.63, 3.8) is 0 Å². The Morgan fingerprint density at radius 3 is 1.84 bits per heavy atom. The van der Waals surface area contributed by atoms with Crippen molar-refractivity contribution in [2.45, 2.75) is 0 Å². The Morgan fingerprint density at radius 2 is 1.42 bits per heavy atom. The Labute approximate surface area is 114 Å². The van der Waals surface area contributed by atoms with E-state index in [9.17, 15) is 4.57 Å². The number of nitrogen functional groups attached to an aromatic ring is 2. The smallest absolute Gasteiger partial charge is 0.159 e. The Hall–Kier alpha value is -2.12. The molecule has 0 unspecified atom stereocenters. The first-order valence-corrected chi connectivity index (χ1v) is 6.93. The molecular weight excluding hydrogens is 255 g/mol.